The third-order valence-corrected chi connectivity index (χ3v) is 6.20. The molecule has 0 saturated carbocycles. The van der Waals surface area contributed by atoms with Crippen LogP contribution in [0, 0.1) is 6.92 Å². The fourth-order valence-corrected chi connectivity index (χ4v) is 4.14. The van der Waals surface area contributed by atoms with E-state index in [1.807, 2.05) is 6.92 Å². The van der Waals surface area contributed by atoms with E-state index in [0.29, 0.717) is 5.56 Å². The van der Waals surface area contributed by atoms with Crippen LogP contribution in [0.1, 0.15) is 65.1 Å². The lowest BCUT2D eigenvalue weighted by molar-refractivity contribution is -0.139. The average molecular weight is 588 g/mol. The van der Waals surface area contributed by atoms with Crippen LogP contribution in [0.2, 0.25) is 0 Å². The summed E-state index contributed by atoms with van der Waals surface area (Å²) in [6, 6.07) is 10.8. The van der Waals surface area contributed by atoms with Crippen LogP contribution in [0.15, 0.2) is 54.7 Å². The number of pyridine rings is 1. The second-order valence-corrected chi connectivity index (χ2v) is 9.63. The first-order valence-corrected chi connectivity index (χ1v) is 13.2. The monoisotopic (exact) mass is 587 g/mol. The Labute approximate surface area is 241 Å². The van der Waals surface area contributed by atoms with Crippen molar-refractivity contribution in [1.82, 2.24) is 9.88 Å². The van der Waals surface area contributed by atoms with Gasteiger partial charge < -0.3 is 24.4 Å². The van der Waals surface area contributed by atoms with Crippen molar-refractivity contribution in [3.63, 3.8) is 0 Å². The molecule has 12 heteroatoms. The Morgan fingerprint density at radius 3 is 2.24 bits per heavy atom. The maximum absolute atomic E-state index is 14.0. The van der Waals surface area contributed by atoms with Crippen molar-refractivity contribution < 1.29 is 42.1 Å². The zero-order chi connectivity index (χ0) is 31.2. The van der Waals surface area contributed by atoms with Gasteiger partial charge in [0.15, 0.2) is 0 Å². The summed E-state index contributed by atoms with van der Waals surface area (Å²) in [6.45, 7) is 8.70. The number of ether oxygens (including phenoxy) is 2. The van der Waals surface area contributed by atoms with Crippen LogP contribution < -0.4 is 9.64 Å². The highest BCUT2D eigenvalue weighted by molar-refractivity contribution is 6.09. The highest BCUT2D eigenvalue weighted by Crippen LogP contribution is 2.38. The molecule has 0 unspecified atom stereocenters. The topological polar surface area (TPSA) is 109 Å². The van der Waals surface area contributed by atoms with Crippen molar-refractivity contribution in [2.75, 3.05) is 18.1 Å². The fraction of sp³-hybridized carbons (Fsp3) is 0.333. The van der Waals surface area contributed by atoms with E-state index in [1.165, 1.54) is 21.9 Å². The number of benzene rings is 2. The van der Waals surface area contributed by atoms with Gasteiger partial charge in [-0.2, -0.15) is 13.2 Å². The second kappa shape index (κ2) is 13.4. The van der Waals surface area contributed by atoms with Crippen molar-refractivity contribution in [3.05, 3.63) is 82.5 Å². The first-order valence-electron chi connectivity index (χ1n) is 13.2. The van der Waals surface area contributed by atoms with Crippen LogP contribution >= 0.6 is 0 Å². The second-order valence-electron chi connectivity index (χ2n) is 9.63. The summed E-state index contributed by atoms with van der Waals surface area (Å²) in [4.78, 5) is 44.0. The Kier molecular flexibility index (Phi) is 10.2. The molecule has 0 saturated heterocycles. The van der Waals surface area contributed by atoms with Gasteiger partial charge in [-0.05, 0) is 76.6 Å². The minimum atomic E-state index is -4.87. The van der Waals surface area contributed by atoms with Crippen LogP contribution in [0.25, 0.3) is 0 Å². The number of halogens is 3. The first-order chi connectivity index (χ1) is 19.8. The Bertz CT molecular complexity index is 1440. The van der Waals surface area contributed by atoms with Crippen molar-refractivity contribution >= 4 is 23.7 Å². The molecule has 0 atom stereocenters. The van der Waals surface area contributed by atoms with Gasteiger partial charge >= 0.3 is 18.2 Å². The predicted octanol–water partition coefficient (Wildman–Crippen LogP) is 6.93. The molecule has 3 aromatic rings. The molecular formula is C30H32F3N3O6. The molecule has 0 aliphatic rings. The summed E-state index contributed by atoms with van der Waals surface area (Å²) in [6.07, 6.45) is -4.41. The fourth-order valence-electron chi connectivity index (χ4n) is 4.14. The quantitative estimate of drug-likeness (QED) is 0.274. The number of hydrogen-bond donors (Lipinski definition) is 1. The molecular weight excluding hydrogens is 555 g/mol. The van der Waals surface area contributed by atoms with Crippen molar-refractivity contribution in [2.24, 2.45) is 0 Å². The summed E-state index contributed by atoms with van der Waals surface area (Å²) in [7, 11) is 0. The van der Waals surface area contributed by atoms with E-state index in [1.54, 1.807) is 52.0 Å². The average Bonchev–Trinajstić information content (AvgIpc) is 2.92. The third kappa shape index (κ3) is 7.56. The first kappa shape index (κ1) is 31.9. The van der Waals surface area contributed by atoms with Gasteiger partial charge in [0.05, 0.1) is 24.4 Å². The molecule has 0 spiro atoms. The van der Waals surface area contributed by atoms with E-state index >= 15 is 0 Å². The van der Waals surface area contributed by atoms with E-state index in [2.05, 4.69) is 4.98 Å². The zero-order valence-electron chi connectivity index (χ0n) is 23.9. The summed E-state index contributed by atoms with van der Waals surface area (Å²) in [5.74, 6) is -2.88. The highest BCUT2D eigenvalue weighted by Gasteiger charge is 2.36. The van der Waals surface area contributed by atoms with E-state index in [4.69, 9.17) is 9.47 Å². The molecule has 0 bridgehead atoms. The van der Waals surface area contributed by atoms with Gasteiger partial charge in [-0.15, -0.1) is 0 Å². The van der Waals surface area contributed by atoms with Gasteiger partial charge in [-0.3, -0.25) is 4.79 Å². The molecule has 0 radical (unpaired) electrons. The van der Waals surface area contributed by atoms with Crippen LogP contribution in [-0.2, 0) is 17.5 Å². The summed E-state index contributed by atoms with van der Waals surface area (Å²) in [5.41, 5.74) is -0.132. The Morgan fingerprint density at radius 1 is 1.02 bits per heavy atom. The standard InChI is InChI=1S/C30H32F3N3O6/c1-6-35(29(40)41-7-2)17-20-14-24(30(31,32)33)26(34-16-20)42-22-12-13-25(23(15-22)28(38)39)36(18(3)4)27(37)21-10-8-19(5)9-11-21/h8-16,18H,6-7,17H2,1-5H3,(H,38,39). The number of rotatable bonds is 10. The Hall–Kier alpha value is -4.61. The molecule has 1 heterocycles. The largest absolute Gasteiger partial charge is 0.478 e. The summed E-state index contributed by atoms with van der Waals surface area (Å²) < 4.78 is 52.4. The SMILES string of the molecule is CCOC(=O)N(CC)Cc1cnc(Oc2ccc(N(C(=O)c3ccc(C)cc3)C(C)C)c(C(=O)O)c2)c(C(F)(F)F)c1. The normalized spacial score (nSPS) is 11.3. The number of amides is 2. The van der Waals surface area contributed by atoms with Crippen molar-refractivity contribution in [2.45, 2.75) is 53.4 Å². The molecule has 2 amide bonds. The summed E-state index contributed by atoms with van der Waals surface area (Å²) >= 11 is 0. The van der Waals surface area contributed by atoms with E-state index in [0.717, 1.165) is 23.9 Å². The zero-order valence-corrected chi connectivity index (χ0v) is 23.9. The lowest BCUT2D eigenvalue weighted by atomic mass is 10.1. The van der Waals surface area contributed by atoms with Crippen LogP contribution in [0.4, 0.5) is 23.7 Å². The Morgan fingerprint density at radius 2 is 1.69 bits per heavy atom. The molecule has 0 aliphatic heterocycles. The number of alkyl halides is 3. The van der Waals surface area contributed by atoms with Crippen molar-refractivity contribution in [3.8, 4) is 11.6 Å². The number of aromatic carboxylic acids is 1. The van der Waals surface area contributed by atoms with Crippen molar-refractivity contribution in [1.29, 1.82) is 0 Å². The predicted molar refractivity (Wildman–Crippen MR) is 149 cm³/mol. The molecule has 0 aliphatic carbocycles. The smallest absolute Gasteiger partial charge is 0.421 e. The number of carbonyl (C=O) groups is 3. The lowest BCUT2D eigenvalue weighted by Gasteiger charge is -2.28. The minimum Gasteiger partial charge on any atom is -0.478 e. The van der Waals surface area contributed by atoms with Gasteiger partial charge in [-0.25, -0.2) is 14.6 Å². The van der Waals surface area contributed by atoms with Crippen LogP contribution in [0.3, 0.4) is 0 Å². The minimum absolute atomic E-state index is 0.0494. The lowest BCUT2D eigenvalue weighted by Crippen LogP contribution is -2.38. The molecule has 1 aromatic heterocycles. The van der Waals surface area contributed by atoms with E-state index in [-0.39, 0.29) is 42.3 Å². The van der Waals surface area contributed by atoms with Crippen LogP contribution in [-0.4, -0.2) is 52.2 Å². The molecule has 1 N–H and O–H groups in total. The maximum Gasteiger partial charge on any atom is 0.421 e. The van der Waals surface area contributed by atoms with Gasteiger partial charge in [-0.1, -0.05) is 17.7 Å². The van der Waals surface area contributed by atoms with E-state index < -0.39 is 41.6 Å². The molecule has 224 valence electrons. The number of carbonyl (C=O) groups excluding carboxylic acids is 2. The van der Waals surface area contributed by atoms with Gasteiger partial charge in [0.2, 0.25) is 5.88 Å². The van der Waals surface area contributed by atoms with E-state index in [9.17, 15) is 32.7 Å². The maximum atomic E-state index is 14.0. The number of aromatic nitrogens is 1. The van der Waals surface area contributed by atoms with Crippen LogP contribution in [0.5, 0.6) is 11.6 Å². The Balaban J connectivity index is 1.98. The molecule has 2 aromatic carbocycles. The number of anilines is 1. The van der Waals surface area contributed by atoms with Gasteiger partial charge in [0.1, 0.15) is 11.3 Å². The third-order valence-electron chi connectivity index (χ3n) is 6.20. The molecule has 9 nitrogen and oxygen atoms in total. The van der Waals surface area contributed by atoms with Gasteiger partial charge in [0.25, 0.3) is 5.91 Å². The number of aryl methyl sites for hydroxylation is 1. The highest BCUT2D eigenvalue weighted by atomic mass is 19.4. The number of carboxylic acid groups (broad SMARTS) is 1. The number of carboxylic acids is 1. The number of hydrogen-bond acceptors (Lipinski definition) is 6. The van der Waals surface area contributed by atoms with Gasteiger partial charge in [0, 0.05) is 24.3 Å². The molecule has 42 heavy (non-hydrogen) atoms. The molecule has 3 rings (SSSR count). The molecule has 0 fully saturated rings. The number of nitrogens with zero attached hydrogens (tertiary/aromatic N) is 3. The summed E-state index contributed by atoms with van der Waals surface area (Å²) in [5, 5.41) is 9.95.